The zero-order valence-electron chi connectivity index (χ0n) is 8.81. The zero-order chi connectivity index (χ0) is 12.2. The lowest BCUT2D eigenvalue weighted by atomic mass is 10.4. The second kappa shape index (κ2) is 5.26. The molecule has 8 heteroatoms. The minimum absolute atomic E-state index is 0.0103. The van der Waals surface area contributed by atoms with E-state index >= 15 is 0 Å². The molecule has 1 saturated heterocycles. The fourth-order valence-electron chi connectivity index (χ4n) is 1.32. The first-order valence-electron chi connectivity index (χ1n) is 4.89. The largest absolute Gasteiger partial charge is 0.346 e. The number of sulfone groups is 1. The monoisotopic (exact) mass is 249 g/mol. The van der Waals surface area contributed by atoms with Crippen LogP contribution in [-0.4, -0.2) is 62.8 Å². The Kier molecular flexibility index (Phi) is 4.25. The van der Waals surface area contributed by atoms with Crippen molar-refractivity contribution in [2.24, 2.45) is 5.73 Å². The van der Waals surface area contributed by atoms with Crippen LogP contribution in [0.1, 0.15) is 0 Å². The normalized spacial score (nSPS) is 19.2. The third-order valence-corrected chi connectivity index (χ3v) is 3.93. The average molecular weight is 249 g/mol. The van der Waals surface area contributed by atoms with E-state index < -0.39 is 15.7 Å². The van der Waals surface area contributed by atoms with Crippen LogP contribution < -0.4 is 11.1 Å². The van der Waals surface area contributed by atoms with Gasteiger partial charge in [0, 0.05) is 13.1 Å². The van der Waals surface area contributed by atoms with Gasteiger partial charge in [0.2, 0.25) is 11.8 Å². The van der Waals surface area contributed by atoms with Crippen LogP contribution in [0.2, 0.25) is 0 Å². The summed E-state index contributed by atoms with van der Waals surface area (Å²) in [5.41, 5.74) is 5.06. The van der Waals surface area contributed by atoms with Gasteiger partial charge in [-0.2, -0.15) is 0 Å². The molecule has 0 aromatic carbocycles. The van der Waals surface area contributed by atoms with Crippen LogP contribution in [0.3, 0.4) is 0 Å². The molecule has 0 bridgehead atoms. The van der Waals surface area contributed by atoms with Crippen molar-refractivity contribution < 1.29 is 18.0 Å². The second-order valence-electron chi connectivity index (χ2n) is 3.51. The third kappa shape index (κ3) is 3.78. The van der Waals surface area contributed by atoms with Crippen LogP contribution in [-0.2, 0) is 19.4 Å². The zero-order valence-corrected chi connectivity index (χ0v) is 9.62. The molecule has 0 aromatic rings. The number of carbonyl (C=O) groups is 2. The minimum Gasteiger partial charge on any atom is -0.346 e. The molecule has 7 nitrogen and oxygen atoms in total. The van der Waals surface area contributed by atoms with Crippen molar-refractivity contribution in [3.63, 3.8) is 0 Å². The van der Waals surface area contributed by atoms with Gasteiger partial charge < -0.3 is 16.0 Å². The Morgan fingerprint density at radius 1 is 1.25 bits per heavy atom. The predicted octanol–water partition coefficient (Wildman–Crippen LogP) is -2.68. The second-order valence-corrected chi connectivity index (χ2v) is 5.82. The average Bonchev–Trinajstić information content (AvgIpc) is 2.25. The van der Waals surface area contributed by atoms with Gasteiger partial charge in [0.05, 0.1) is 24.6 Å². The summed E-state index contributed by atoms with van der Waals surface area (Å²) in [4.78, 5) is 23.7. The van der Waals surface area contributed by atoms with Gasteiger partial charge in [-0.25, -0.2) is 8.42 Å². The molecule has 0 aromatic heterocycles. The lowest BCUT2D eigenvalue weighted by Crippen LogP contribution is -2.48. The molecule has 0 spiro atoms. The first kappa shape index (κ1) is 12.9. The number of carbonyl (C=O) groups excluding carboxylic acids is 2. The molecule has 0 saturated carbocycles. The van der Waals surface area contributed by atoms with Crippen molar-refractivity contribution in [3.8, 4) is 0 Å². The summed E-state index contributed by atoms with van der Waals surface area (Å²) in [5.74, 6) is -0.706. The highest BCUT2D eigenvalue weighted by molar-refractivity contribution is 7.91. The maximum absolute atomic E-state index is 11.5. The summed E-state index contributed by atoms with van der Waals surface area (Å²) >= 11 is 0. The molecular weight excluding hydrogens is 234 g/mol. The number of nitrogens with zero attached hydrogens (tertiary/aromatic N) is 1. The van der Waals surface area contributed by atoms with E-state index in [1.54, 1.807) is 0 Å². The van der Waals surface area contributed by atoms with Crippen LogP contribution in [0.5, 0.6) is 0 Å². The van der Waals surface area contributed by atoms with Gasteiger partial charge in [-0.1, -0.05) is 0 Å². The maximum Gasteiger partial charge on any atom is 0.242 e. The number of amides is 2. The number of hydrogen-bond donors (Lipinski definition) is 2. The molecule has 1 fully saturated rings. The van der Waals surface area contributed by atoms with E-state index in [1.807, 2.05) is 0 Å². The molecule has 1 aliphatic heterocycles. The first-order chi connectivity index (χ1) is 7.44. The molecule has 1 aliphatic rings. The van der Waals surface area contributed by atoms with Gasteiger partial charge in [-0.05, 0) is 0 Å². The highest BCUT2D eigenvalue weighted by Crippen LogP contribution is 2.03. The van der Waals surface area contributed by atoms with Gasteiger partial charge in [-0.3, -0.25) is 9.59 Å². The molecule has 3 N–H and O–H groups in total. The molecule has 1 heterocycles. The Labute approximate surface area is 93.9 Å². The van der Waals surface area contributed by atoms with E-state index in [1.165, 1.54) is 4.90 Å². The highest BCUT2D eigenvalue weighted by atomic mass is 32.2. The third-order valence-electron chi connectivity index (χ3n) is 2.32. The van der Waals surface area contributed by atoms with Crippen molar-refractivity contribution in [1.29, 1.82) is 0 Å². The molecule has 16 heavy (non-hydrogen) atoms. The molecular formula is C8H15N3O4S. The molecule has 2 amide bonds. The number of hydrogen-bond acceptors (Lipinski definition) is 5. The topological polar surface area (TPSA) is 110 Å². The molecule has 0 unspecified atom stereocenters. The van der Waals surface area contributed by atoms with Crippen molar-refractivity contribution in [2.75, 3.05) is 37.7 Å². The van der Waals surface area contributed by atoms with E-state index in [0.717, 1.165) is 0 Å². The van der Waals surface area contributed by atoms with E-state index in [9.17, 15) is 18.0 Å². The summed E-state index contributed by atoms with van der Waals surface area (Å²) in [5, 5.41) is 2.35. The summed E-state index contributed by atoms with van der Waals surface area (Å²) in [6.45, 7) is 0.0943. The summed E-state index contributed by atoms with van der Waals surface area (Å²) in [6, 6.07) is 0. The van der Waals surface area contributed by atoms with Crippen LogP contribution in [0, 0.1) is 0 Å². The van der Waals surface area contributed by atoms with Crippen molar-refractivity contribution >= 4 is 21.7 Å². The van der Waals surface area contributed by atoms with Crippen molar-refractivity contribution in [2.45, 2.75) is 0 Å². The van der Waals surface area contributed by atoms with Gasteiger partial charge in [0.25, 0.3) is 0 Å². The fraction of sp³-hybridized carbons (Fsp3) is 0.750. The molecule has 0 radical (unpaired) electrons. The highest BCUT2D eigenvalue weighted by Gasteiger charge is 2.24. The lowest BCUT2D eigenvalue weighted by Gasteiger charge is -2.26. The van der Waals surface area contributed by atoms with Gasteiger partial charge in [0.15, 0.2) is 9.84 Å². The standard InChI is InChI=1S/C8H15N3O4S/c9-5-7(12)10-6-8(13)11-1-3-16(14,15)4-2-11/h1-6,9H2,(H,10,12). The van der Waals surface area contributed by atoms with Gasteiger partial charge >= 0.3 is 0 Å². The van der Waals surface area contributed by atoms with Gasteiger partial charge in [0.1, 0.15) is 0 Å². The Morgan fingerprint density at radius 2 is 1.81 bits per heavy atom. The Balaban J connectivity index is 2.36. The smallest absolute Gasteiger partial charge is 0.242 e. The Hall–Kier alpha value is -1.15. The lowest BCUT2D eigenvalue weighted by molar-refractivity contribution is -0.132. The number of rotatable bonds is 3. The van der Waals surface area contributed by atoms with Crippen LogP contribution in [0.25, 0.3) is 0 Å². The Morgan fingerprint density at radius 3 is 2.31 bits per heavy atom. The first-order valence-corrected chi connectivity index (χ1v) is 6.72. The van der Waals surface area contributed by atoms with E-state index in [2.05, 4.69) is 5.32 Å². The van der Waals surface area contributed by atoms with E-state index in [0.29, 0.717) is 0 Å². The SMILES string of the molecule is NCC(=O)NCC(=O)N1CCS(=O)(=O)CC1. The number of nitrogens with two attached hydrogens (primary N) is 1. The molecule has 92 valence electrons. The van der Waals surface area contributed by atoms with E-state index in [4.69, 9.17) is 5.73 Å². The van der Waals surface area contributed by atoms with Crippen LogP contribution in [0.4, 0.5) is 0 Å². The molecule has 0 aliphatic carbocycles. The minimum atomic E-state index is -2.99. The molecule has 1 rings (SSSR count). The van der Waals surface area contributed by atoms with Crippen molar-refractivity contribution in [1.82, 2.24) is 10.2 Å². The summed E-state index contributed by atoms with van der Waals surface area (Å²) in [7, 11) is -2.99. The van der Waals surface area contributed by atoms with Crippen LogP contribution in [0.15, 0.2) is 0 Å². The van der Waals surface area contributed by atoms with E-state index in [-0.39, 0.29) is 43.6 Å². The van der Waals surface area contributed by atoms with Crippen molar-refractivity contribution in [3.05, 3.63) is 0 Å². The quantitative estimate of drug-likeness (QED) is 0.566. The fourth-order valence-corrected chi connectivity index (χ4v) is 2.52. The summed E-state index contributed by atoms with van der Waals surface area (Å²) < 4.78 is 22.2. The van der Waals surface area contributed by atoms with Crippen LogP contribution >= 0.6 is 0 Å². The summed E-state index contributed by atoms with van der Waals surface area (Å²) in [6.07, 6.45) is 0. The molecule has 0 atom stereocenters. The number of nitrogens with one attached hydrogen (secondary N) is 1. The maximum atomic E-state index is 11.5. The predicted molar refractivity (Wildman–Crippen MR) is 57.3 cm³/mol. The van der Waals surface area contributed by atoms with Gasteiger partial charge in [-0.15, -0.1) is 0 Å². The Bertz CT molecular complexity index is 365.